The molecule has 1 aliphatic rings. The molecule has 3 aromatic rings. The summed E-state index contributed by atoms with van der Waals surface area (Å²) in [5.41, 5.74) is 1.69. The predicted octanol–water partition coefficient (Wildman–Crippen LogP) is 3.46. The third-order valence-corrected chi connectivity index (χ3v) is 6.20. The first-order chi connectivity index (χ1) is 14.5. The maximum absolute atomic E-state index is 12.3. The molecule has 0 spiro atoms. The first-order valence-corrected chi connectivity index (χ1v) is 11.1. The van der Waals surface area contributed by atoms with E-state index >= 15 is 0 Å². The summed E-state index contributed by atoms with van der Waals surface area (Å²) in [7, 11) is 0. The number of carbonyl (C=O) groups excluding carboxylic acids is 2. The van der Waals surface area contributed by atoms with E-state index in [9.17, 15) is 9.59 Å². The van der Waals surface area contributed by atoms with Crippen LogP contribution in [0.15, 0.2) is 23.8 Å². The molecule has 1 saturated carbocycles. The number of hydrogen-bond donors (Lipinski definition) is 3. The van der Waals surface area contributed by atoms with Gasteiger partial charge >= 0.3 is 6.09 Å². The summed E-state index contributed by atoms with van der Waals surface area (Å²) in [6.07, 6.45) is 6.98. The van der Waals surface area contributed by atoms with Crippen molar-refractivity contribution in [3.63, 3.8) is 0 Å². The van der Waals surface area contributed by atoms with Gasteiger partial charge in [0.05, 0.1) is 12.1 Å². The first-order valence-electron chi connectivity index (χ1n) is 10.2. The largest absolute Gasteiger partial charge is 0.447 e. The minimum atomic E-state index is -0.355. The number of aromatic amines is 1. The van der Waals surface area contributed by atoms with Gasteiger partial charge in [0, 0.05) is 41.5 Å². The molecule has 160 valence electrons. The van der Waals surface area contributed by atoms with Gasteiger partial charge in [-0.15, -0.1) is 11.3 Å². The lowest BCUT2D eigenvalue weighted by Gasteiger charge is -2.16. The van der Waals surface area contributed by atoms with E-state index in [4.69, 9.17) is 4.74 Å². The van der Waals surface area contributed by atoms with E-state index in [1.807, 2.05) is 42.1 Å². The molecule has 30 heavy (non-hydrogen) atoms. The third kappa shape index (κ3) is 4.81. The zero-order valence-corrected chi connectivity index (χ0v) is 17.9. The third-order valence-electron chi connectivity index (χ3n) is 5.43. The minimum absolute atomic E-state index is 0.0839. The van der Waals surface area contributed by atoms with E-state index in [0.717, 1.165) is 42.0 Å². The van der Waals surface area contributed by atoms with E-state index < -0.39 is 0 Å². The number of rotatable bonds is 7. The highest BCUT2D eigenvalue weighted by molar-refractivity contribution is 7.15. The second-order valence-electron chi connectivity index (χ2n) is 7.73. The Balaban J connectivity index is 1.27. The average Bonchev–Trinajstić information content (AvgIpc) is 3.45. The van der Waals surface area contributed by atoms with Crippen LogP contribution in [0.5, 0.6) is 0 Å². The lowest BCUT2D eigenvalue weighted by atomic mass is 10.0. The molecule has 0 saturated heterocycles. The van der Waals surface area contributed by atoms with E-state index in [-0.39, 0.29) is 36.5 Å². The smallest absolute Gasteiger partial charge is 0.407 e. The second kappa shape index (κ2) is 8.86. The topological polar surface area (TPSA) is 113 Å². The van der Waals surface area contributed by atoms with Crippen LogP contribution in [0.2, 0.25) is 0 Å². The van der Waals surface area contributed by atoms with Crippen molar-refractivity contribution >= 4 is 34.1 Å². The summed E-state index contributed by atoms with van der Waals surface area (Å²) in [6.45, 7) is 3.86. The number of thiazole rings is 1. The Morgan fingerprint density at radius 1 is 1.43 bits per heavy atom. The summed E-state index contributed by atoms with van der Waals surface area (Å²) >= 11 is 1.53. The van der Waals surface area contributed by atoms with E-state index in [2.05, 4.69) is 25.8 Å². The second-order valence-corrected chi connectivity index (χ2v) is 8.61. The lowest BCUT2D eigenvalue weighted by Crippen LogP contribution is -2.35. The number of anilines is 1. The SMILES string of the molecule is CCC(C)OC(=O)NC1CCC(c2cc(NC(=O)Cc3cn4ccsc4n3)n[nH]2)C1. The number of H-pyrrole nitrogens is 1. The van der Waals surface area contributed by atoms with Crippen molar-refractivity contribution in [1.82, 2.24) is 24.9 Å². The number of amides is 2. The Hall–Kier alpha value is -2.88. The molecule has 3 heterocycles. The molecule has 3 unspecified atom stereocenters. The van der Waals surface area contributed by atoms with Gasteiger partial charge in [-0.1, -0.05) is 6.92 Å². The maximum Gasteiger partial charge on any atom is 0.407 e. The monoisotopic (exact) mass is 430 g/mol. The van der Waals surface area contributed by atoms with Gasteiger partial charge in [-0.3, -0.25) is 14.3 Å². The number of hydrogen-bond acceptors (Lipinski definition) is 6. The zero-order valence-electron chi connectivity index (χ0n) is 17.1. The van der Waals surface area contributed by atoms with Crippen molar-refractivity contribution in [3.8, 4) is 0 Å². The predicted molar refractivity (Wildman–Crippen MR) is 114 cm³/mol. The van der Waals surface area contributed by atoms with E-state index in [0.29, 0.717) is 5.82 Å². The number of imidazole rings is 1. The number of nitrogens with one attached hydrogen (secondary N) is 3. The van der Waals surface area contributed by atoms with Crippen LogP contribution in [0, 0.1) is 0 Å². The highest BCUT2D eigenvalue weighted by atomic mass is 32.1. The van der Waals surface area contributed by atoms with Gasteiger partial charge in [0.1, 0.15) is 6.10 Å². The summed E-state index contributed by atoms with van der Waals surface area (Å²) in [5, 5.41) is 15.0. The highest BCUT2D eigenvalue weighted by Crippen LogP contribution is 2.34. The molecule has 0 radical (unpaired) electrons. The van der Waals surface area contributed by atoms with Gasteiger partial charge in [0.25, 0.3) is 0 Å². The van der Waals surface area contributed by atoms with Crippen molar-refractivity contribution in [2.45, 2.75) is 64.0 Å². The summed E-state index contributed by atoms with van der Waals surface area (Å²) < 4.78 is 7.20. The molecule has 0 aliphatic heterocycles. The molecule has 3 atom stereocenters. The van der Waals surface area contributed by atoms with Crippen LogP contribution in [-0.4, -0.2) is 43.7 Å². The molecule has 1 fully saturated rings. The van der Waals surface area contributed by atoms with Gasteiger partial charge in [-0.05, 0) is 32.6 Å². The van der Waals surface area contributed by atoms with Crippen molar-refractivity contribution in [2.24, 2.45) is 0 Å². The molecular formula is C20H26N6O3S. The molecule has 10 heteroatoms. The van der Waals surface area contributed by atoms with Crippen LogP contribution in [0.3, 0.4) is 0 Å². The normalized spacial score (nSPS) is 19.7. The Kier molecular flexibility index (Phi) is 6.03. The fourth-order valence-corrected chi connectivity index (χ4v) is 4.40. The first kappa shape index (κ1) is 20.4. The highest BCUT2D eigenvalue weighted by Gasteiger charge is 2.29. The van der Waals surface area contributed by atoms with Gasteiger partial charge in [-0.2, -0.15) is 5.10 Å². The lowest BCUT2D eigenvalue weighted by molar-refractivity contribution is -0.115. The number of carbonyl (C=O) groups is 2. The molecule has 4 rings (SSSR count). The molecule has 2 amide bonds. The van der Waals surface area contributed by atoms with Crippen LogP contribution in [0.4, 0.5) is 10.6 Å². The fourth-order valence-electron chi connectivity index (χ4n) is 3.68. The number of nitrogens with zero attached hydrogens (tertiary/aromatic N) is 3. The van der Waals surface area contributed by atoms with E-state index in [1.165, 1.54) is 11.3 Å². The maximum atomic E-state index is 12.3. The molecule has 3 aromatic heterocycles. The Morgan fingerprint density at radius 2 is 2.30 bits per heavy atom. The molecule has 1 aliphatic carbocycles. The minimum Gasteiger partial charge on any atom is -0.447 e. The average molecular weight is 431 g/mol. The van der Waals surface area contributed by atoms with Crippen molar-refractivity contribution in [1.29, 1.82) is 0 Å². The van der Waals surface area contributed by atoms with Crippen LogP contribution in [0.1, 0.15) is 56.8 Å². The van der Waals surface area contributed by atoms with Crippen molar-refractivity contribution < 1.29 is 14.3 Å². The van der Waals surface area contributed by atoms with Gasteiger partial charge in [0.2, 0.25) is 5.91 Å². The number of aromatic nitrogens is 4. The standard InChI is InChI=1S/C20H26N6O3S/c1-3-12(2)29-20(28)22-14-5-4-13(8-14)16-10-17(25-24-16)23-18(27)9-15-11-26-6-7-30-19(26)21-15/h6-7,10-14H,3-5,8-9H2,1-2H3,(H,22,28)(H2,23,24,25,27). The van der Waals surface area contributed by atoms with Crippen LogP contribution in [0.25, 0.3) is 4.96 Å². The van der Waals surface area contributed by atoms with Crippen LogP contribution < -0.4 is 10.6 Å². The number of alkyl carbamates (subject to hydrolysis) is 1. The summed E-state index contributed by atoms with van der Waals surface area (Å²) in [6, 6.07) is 1.96. The molecule has 0 aromatic carbocycles. The summed E-state index contributed by atoms with van der Waals surface area (Å²) in [4.78, 5) is 29.5. The van der Waals surface area contributed by atoms with Crippen LogP contribution in [-0.2, 0) is 16.0 Å². The van der Waals surface area contributed by atoms with Gasteiger partial charge in [0.15, 0.2) is 10.8 Å². The van der Waals surface area contributed by atoms with Crippen molar-refractivity contribution in [3.05, 3.63) is 35.2 Å². The van der Waals surface area contributed by atoms with Gasteiger partial charge < -0.3 is 15.4 Å². The zero-order chi connectivity index (χ0) is 21.1. The quantitative estimate of drug-likeness (QED) is 0.531. The fraction of sp³-hybridized carbons (Fsp3) is 0.500. The Morgan fingerprint density at radius 3 is 3.10 bits per heavy atom. The van der Waals surface area contributed by atoms with E-state index in [1.54, 1.807) is 0 Å². The molecule has 0 bridgehead atoms. The number of fused-ring (bicyclic) bond motifs is 1. The molecule has 9 nitrogen and oxygen atoms in total. The Labute approximate surface area is 178 Å². The van der Waals surface area contributed by atoms with Gasteiger partial charge in [-0.25, -0.2) is 9.78 Å². The molecular weight excluding hydrogens is 404 g/mol. The Bertz CT molecular complexity index is 996. The van der Waals surface area contributed by atoms with Crippen LogP contribution >= 0.6 is 11.3 Å². The van der Waals surface area contributed by atoms with Crippen molar-refractivity contribution in [2.75, 3.05) is 5.32 Å². The molecule has 3 N–H and O–H groups in total. The number of ether oxygens (including phenoxy) is 1. The summed E-state index contributed by atoms with van der Waals surface area (Å²) in [5.74, 6) is 0.609.